The predicted molar refractivity (Wildman–Crippen MR) is 85.0 cm³/mol. The van der Waals surface area contributed by atoms with Crippen LogP contribution < -0.4 is 10.2 Å². The number of benzene rings is 2. The second-order valence-corrected chi connectivity index (χ2v) is 4.75. The Bertz CT molecular complexity index is 775. The van der Waals surface area contributed by atoms with Gasteiger partial charge in [-0.25, -0.2) is 10.4 Å². The van der Waals surface area contributed by atoms with Gasteiger partial charge in [0.2, 0.25) is 5.95 Å². The number of aryl methyl sites for hydroxylation is 1. The van der Waals surface area contributed by atoms with E-state index < -0.39 is 0 Å². The maximum atomic E-state index is 5.11. The highest BCUT2D eigenvalue weighted by Crippen LogP contribution is 2.15. The number of ether oxygens (including phenoxy) is 1. The summed E-state index contributed by atoms with van der Waals surface area (Å²) in [5, 5.41) is 4.18. The third-order valence-corrected chi connectivity index (χ3v) is 3.14. The SMILES string of the molecule is COc1ccc(/C=N\Nc2nc3ccc(C)cc3[nH]2)cc1. The summed E-state index contributed by atoms with van der Waals surface area (Å²) in [5.41, 5.74) is 6.99. The minimum atomic E-state index is 0.625. The molecule has 0 amide bonds. The van der Waals surface area contributed by atoms with Crippen molar-refractivity contribution < 1.29 is 4.74 Å². The number of H-pyrrole nitrogens is 1. The monoisotopic (exact) mass is 280 g/mol. The average molecular weight is 280 g/mol. The van der Waals surface area contributed by atoms with E-state index in [1.54, 1.807) is 13.3 Å². The van der Waals surface area contributed by atoms with Crippen LogP contribution in [0.3, 0.4) is 0 Å². The van der Waals surface area contributed by atoms with Gasteiger partial charge in [0.25, 0.3) is 0 Å². The van der Waals surface area contributed by atoms with Gasteiger partial charge in [-0.2, -0.15) is 5.10 Å². The van der Waals surface area contributed by atoms with Gasteiger partial charge in [-0.05, 0) is 54.4 Å². The molecule has 3 rings (SSSR count). The maximum absolute atomic E-state index is 5.11. The summed E-state index contributed by atoms with van der Waals surface area (Å²) in [4.78, 5) is 7.60. The van der Waals surface area contributed by atoms with E-state index in [-0.39, 0.29) is 0 Å². The second kappa shape index (κ2) is 5.66. The van der Waals surface area contributed by atoms with E-state index in [2.05, 4.69) is 33.5 Å². The van der Waals surface area contributed by atoms with Crippen LogP contribution in [0, 0.1) is 6.92 Å². The Hall–Kier alpha value is -2.82. The molecule has 1 aromatic heterocycles. The molecule has 0 saturated carbocycles. The fourth-order valence-corrected chi connectivity index (χ4v) is 2.03. The summed E-state index contributed by atoms with van der Waals surface area (Å²) in [7, 11) is 1.65. The molecule has 0 spiro atoms. The van der Waals surface area contributed by atoms with Gasteiger partial charge in [0.15, 0.2) is 0 Å². The van der Waals surface area contributed by atoms with Crippen molar-refractivity contribution >= 4 is 23.2 Å². The highest BCUT2D eigenvalue weighted by Gasteiger charge is 2.01. The number of aromatic nitrogens is 2. The third kappa shape index (κ3) is 3.02. The summed E-state index contributed by atoms with van der Waals surface area (Å²) < 4.78 is 5.11. The van der Waals surface area contributed by atoms with Gasteiger partial charge in [-0.15, -0.1) is 0 Å². The zero-order valence-electron chi connectivity index (χ0n) is 11.9. The van der Waals surface area contributed by atoms with Crippen LogP contribution in [0.2, 0.25) is 0 Å². The van der Waals surface area contributed by atoms with Crippen molar-refractivity contribution in [1.82, 2.24) is 9.97 Å². The lowest BCUT2D eigenvalue weighted by atomic mass is 10.2. The first-order valence-corrected chi connectivity index (χ1v) is 6.64. The molecule has 2 N–H and O–H groups in total. The Balaban J connectivity index is 1.71. The zero-order chi connectivity index (χ0) is 14.7. The largest absolute Gasteiger partial charge is 0.497 e. The maximum Gasteiger partial charge on any atom is 0.222 e. The number of hydrogen-bond acceptors (Lipinski definition) is 4. The molecule has 0 aliphatic carbocycles. The van der Waals surface area contributed by atoms with Gasteiger partial charge in [0.05, 0.1) is 24.4 Å². The van der Waals surface area contributed by atoms with Crippen molar-refractivity contribution in [1.29, 1.82) is 0 Å². The molecule has 5 nitrogen and oxygen atoms in total. The molecule has 106 valence electrons. The minimum Gasteiger partial charge on any atom is -0.497 e. The van der Waals surface area contributed by atoms with Crippen LogP contribution in [0.5, 0.6) is 5.75 Å². The molecule has 21 heavy (non-hydrogen) atoms. The van der Waals surface area contributed by atoms with Crippen LogP contribution in [-0.4, -0.2) is 23.3 Å². The van der Waals surface area contributed by atoms with E-state index in [1.807, 2.05) is 36.4 Å². The number of fused-ring (bicyclic) bond motifs is 1. The van der Waals surface area contributed by atoms with Crippen LogP contribution in [0.25, 0.3) is 11.0 Å². The number of methoxy groups -OCH3 is 1. The molecule has 0 fully saturated rings. The van der Waals surface area contributed by atoms with Gasteiger partial charge < -0.3 is 9.72 Å². The van der Waals surface area contributed by atoms with Crippen LogP contribution in [0.4, 0.5) is 5.95 Å². The second-order valence-electron chi connectivity index (χ2n) is 4.75. The Labute approximate surface area is 122 Å². The van der Waals surface area contributed by atoms with Crippen molar-refractivity contribution in [2.24, 2.45) is 5.10 Å². The Morgan fingerprint density at radius 1 is 1.19 bits per heavy atom. The molecule has 2 aromatic carbocycles. The molecule has 5 heteroatoms. The third-order valence-electron chi connectivity index (χ3n) is 3.14. The summed E-state index contributed by atoms with van der Waals surface area (Å²) in [5.74, 6) is 1.45. The van der Waals surface area contributed by atoms with Gasteiger partial charge in [0, 0.05) is 0 Å². The first-order valence-electron chi connectivity index (χ1n) is 6.64. The smallest absolute Gasteiger partial charge is 0.222 e. The van der Waals surface area contributed by atoms with Gasteiger partial charge in [-0.3, -0.25) is 0 Å². The summed E-state index contributed by atoms with van der Waals surface area (Å²) in [6.07, 6.45) is 1.73. The summed E-state index contributed by atoms with van der Waals surface area (Å²) in [6.45, 7) is 2.05. The topological polar surface area (TPSA) is 62.3 Å². The Morgan fingerprint density at radius 2 is 2.00 bits per heavy atom. The number of nitrogens with one attached hydrogen (secondary N) is 2. The van der Waals surface area contributed by atoms with Crippen LogP contribution in [-0.2, 0) is 0 Å². The number of aromatic amines is 1. The Kier molecular flexibility index (Phi) is 3.55. The lowest BCUT2D eigenvalue weighted by molar-refractivity contribution is 0.415. The first kappa shape index (κ1) is 13.2. The van der Waals surface area contributed by atoms with Crippen LogP contribution >= 0.6 is 0 Å². The van der Waals surface area contributed by atoms with Crippen molar-refractivity contribution in [3.63, 3.8) is 0 Å². The van der Waals surface area contributed by atoms with Crippen LogP contribution in [0.1, 0.15) is 11.1 Å². The summed E-state index contributed by atoms with van der Waals surface area (Å²) in [6, 6.07) is 13.7. The van der Waals surface area contributed by atoms with Gasteiger partial charge in [-0.1, -0.05) is 6.07 Å². The van der Waals surface area contributed by atoms with E-state index >= 15 is 0 Å². The normalized spacial score (nSPS) is 11.1. The molecule has 0 bridgehead atoms. The molecular formula is C16H16N4O. The van der Waals surface area contributed by atoms with Crippen molar-refractivity contribution in [3.05, 3.63) is 53.6 Å². The molecule has 0 atom stereocenters. The molecular weight excluding hydrogens is 264 g/mol. The van der Waals surface area contributed by atoms with Crippen molar-refractivity contribution in [2.75, 3.05) is 12.5 Å². The number of anilines is 1. The molecule has 1 heterocycles. The molecule has 0 aliphatic rings. The molecule has 0 aliphatic heterocycles. The highest BCUT2D eigenvalue weighted by atomic mass is 16.5. The molecule has 3 aromatic rings. The first-order chi connectivity index (χ1) is 10.2. The lowest BCUT2D eigenvalue weighted by Crippen LogP contribution is -1.92. The van der Waals surface area contributed by atoms with E-state index in [9.17, 15) is 0 Å². The number of imidazole rings is 1. The summed E-state index contributed by atoms with van der Waals surface area (Å²) >= 11 is 0. The molecule has 0 unspecified atom stereocenters. The zero-order valence-corrected chi connectivity index (χ0v) is 11.9. The number of nitrogens with zero attached hydrogens (tertiary/aromatic N) is 2. The van der Waals surface area contributed by atoms with E-state index in [0.29, 0.717) is 5.95 Å². The fraction of sp³-hybridized carbons (Fsp3) is 0.125. The quantitative estimate of drug-likeness (QED) is 0.569. The minimum absolute atomic E-state index is 0.625. The Morgan fingerprint density at radius 3 is 2.76 bits per heavy atom. The molecule has 0 saturated heterocycles. The number of hydrazone groups is 1. The van der Waals surface area contributed by atoms with Crippen molar-refractivity contribution in [3.8, 4) is 5.75 Å². The standard InChI is InChI=1S/C16H16N4O/c1-11-3-8-14-15(9-11)19-16(18-14)20-17-10-12-4-6-13(21-2)7-5-12/h3-10H,1-2H3,(H2,18,19,20)/b17-10-. The van der Waals surface area contributed by atoms with E-state index in [0.717, 1.165) is 22.3 Å². The van der Waals surface area contributed by atoms with E-state index in [1.165, 1.54) is 5.56 Å². The fourth-order valence-electron chi connectivity index (χ4n) is 2.03. The molecule has 0 radical (unpaired) electrons. The average Bonchev–Trinajstić information content (AvgIpc) is 2.89. The van der Waals surface area contributed by atoms with Crippen LogP contribution in [0.15, 0.2) is 47.6 Å². The van der Waals surface area contributed by atoms with Gasteiger partial charge >= 0.3 is 0 Å². The lowest BCUT2D eigenvalue weighted by Gasteiger charge is -1.98. The number of hydrogen-bond donors (Lipinski definition) is 2. The highest BCUT2D eigenvalue weighted by molar-refractivity contribution is 5.81. The number of rotatable bonds is 4. The van der Waals surface area contributed by atoms with Gasteiger partial charge in [0.1, 0.15) is 5.75 Å². The van der Waals surface area contributed by atoms with Crippen molar-refractivity contribution in [2.45, 2.75) is 6.92 Å². The predicted octanol–water partition coefficient (Wildman–Crippen LogP) is 3.33. The van der Waals surface area contributed by atoms with E-state index in [4.69, 9.17) is 4.74 Å².